The first-order valence-electron chi connectivity index (χ1n) is 3.70. The number of hydrogen-bond acceptors (Lipinski definition) is 2. The van der Waals surface area contributed by atoms with Gasteiger partial charge in [0, 0.05) is 0 Å². The van der Waals surface area contributed by atoms with Gasteiger partial charge in [0.05, 0.1) is 12.1 Å². The van der Waals surface area contributed by atoms with Crippen molar-refractivity contribution in [3.05, 3.63) is 35.9 Å². The minimum atomic E-state index is -0.489. The Morgan fingerprint density at radius 3 is 2.27 bits per heavy atom. The molecule has 0 amide bonds. The Balaban J connectivity index is 2.77. The molecular formula is C9H13NO. The lowest BCUT2D eigenvalue weighted by Crippen LogP contribution is -2.22. The van der Waals surface area contributed by atoms with Gasteiger partial charge in [-0.1, -0.05) is 30.3 Å². The molecule has 60 valence electrons. The molecule has 0 aromatic heterocycles. The second kappa shape index (κ2) is 3.51. The van der Waals surface area contributed by atoms with Crippen molar-refractivity contribution in [2.24, 2.45) is 5.73 Å². The van der Waals surface area contributed by atoms with Crippen molar-refractivity contribution in [3.8, 4) is 0 Å². The van der Waals surface area contributed by atoms with Crippen LogP contribution < -0.4 is 5.73 Å². The number of aliphatic hydroxyl groups excluding tert-OH is 1. The first-order valence-corrected chi connectivity index (χ1v) is 3.70. The van der Waals surface area contributed by atoms with Gasteiger partial charge in [0.25, 0.3) is 0 Å². The third kappa shape index (κ3) is 2.03. The summed E-state index contributed by atoms with van der Waals surface area (Å²) in [6.45, 7) is 1.69. The van der Waals surface area contributed by atoms with Crippen LogP contribution in [-0.2, 0) is 0 Å². The average molecular weight is 151 g/mol. The molecule has 2 nitrogen and oxygen atoms in total. The summed E-state index contributed by atoms with van der Waals surface area (Å²) in [5, 5.41) is 9.15. The third-order valence-electron chi connectivity index (χ3n) is 1.70. The minimum Gasteiger partial charge on any atom is -0.391 e. The first kappa shape index (κ1) is 8.24. The zero-order valence-electron chi connectivity index (χ0n) is 6.57. The Morgan fingerprint density at radius 1 is 1.27 bits per heavy atom. The molecule has 1 rings (SSSR count). The molecule has 2 heteroatoms. The molecule has 0 aliphatic heterocycles. The predicted molar refractivity (Wildman–Crippen MR) is 45.1 cm³/mol. The molecule has 0 saturated heterocycles. The lowest BCUT2D eigenvalue weighted by atomic mass is 10.0. The molecule has 1 aromatic rings. The molecular weight excluding hydrogens is 138 g/mol. The molecule has 0 aliphatic carbocycles. The fourth-order valence-electron chi connectivity index (χ4n) is 0.954. The standard InChI is InChI=1S/C9H13NO/c1-7(11)9(10)8-5-3-2-4-6-8/h2-7,9,11H,10H2,1H3/t7-,9?/m1/s1. The van der Waals surface area contributed by atoms with Crippen LogP contribution in [0.2, 0.25) is 0 Å². The van der Waals surface area contributed by atoms with Gasteiger partial charge in [-0.2, -0.15) is 0 Å². The minimum absolute atomic E-state index is 0.267. The lowest BCUT2D eigenvalue weighted by Gasteiger charge is -2.14. The van der Waals surface area contributed by atoms with Crippen LogP contribution in [-0.4, -0.2) is 11.2 Å². The zero-order chi connectivity index (χ0) is 8.27. The molecule has 0 aliphatic rings. The molecule has 0 radical (unpaired) electrons. The van der Waals surface area contributed by atoms with Crippen molar-refractivity contribution in [3.63, 3.8) is 0 Å². The Hall–Kier alpha value is -0.860. The van der Waals surface area contributed by atoms with Crippen LogP contribution in [0.5, 0.6) is 0 Å². The fraction of sp³-hybridized carbons (Fsp3) is 0.333. The quantitative estimate of drug-likeness (QED) is 0.664. The molecule has 3 N–H and O–H groups in total. The number of nitrogens with two attached hydrogens (primary N) is 1. The second-order valence-corrected chi connectivity index (χ2v) is 2.68. The van der Waals surface area contributed by atoms with Crippen molar-refractivity contribution >= 4 is 0 Å². The van der Waals surface area contributed by atoms with Crippen LogP contribution in [0.4, 0.5) is 0 Å². The zero-order valence-corrected chi connectivity index (χ0v) is 6.57. The van der Waals surface area contributed by atoms with Gasteiger partial charge in [-0.25, -0.2) is 0 Å². The van der Waals surface area contributed by atoms with E-state index in [2.05, 4.69) is 0 Å². The van der Waals surface area contributed by atoms with Crippen LogP contribution in [0.3, 0.4) is 0 Å². The highest BCUT2D eigenvalue weighted by atomic mass is 16.3. The van der Waals surface area contributed by atoms with Crippen LogP contribution in [0.1, 0.15) is 18.5 Å². The van der Waals surface area contributed by atoms with E-state index in [1.54, 1.807) is 6.92 Å². The summed E-state index contributed by atoms with van der Waals surface area (Å²) >= 11 is 0. The summed E-state index contributed by atoms with van der Waals surface area (Å²) < 4.78 is 0. The van der Waals surface area contributed by atoms with E-state index < -0.39 is 6.10 Å². The van der Waals surface area contributed by atoms with E-state index in [4.69, 9.17) is 10.8 Å². The van der Waals surface area contributed by atoms with Gasteiger partial charge in [-0.15, -0.1) is 0 Å². The van der Waals surface area contributed by atoms with E-state index in [1.165, 1.54) is 0 Å². The maximum absolute atomic E-state index is 9.15. The predicted octanol–water partition coefficient (Wildman–Crippen LogP) is 1.07. The number of benzene rings is 1. The second-order valence-electron chi connectivity index (χ2n) is 2.68. The maximum Gasteiger partial charge on any atom is 0.0704 e. The maximum atomic E-state index is 9.15. The largest absolute Gasteiger partial charge is 0.391 e. The van der Waals surface area contributed by atoms with Gasteiger partial charge >= 0.3 is 0 Å². The topological polar surface area (TPSA) is 46.2 Å². The summed E-state index contributed by atoms with van der Waals surface area (Å²) in [5.74, 6) is 0. The average Bonchev–Trinajstić information content (AvgIpc) is 2.05. The Labute approximate surface area is 66.7 Å². The summed E-state index contributed by atoms with van der Waals surface area (Å²) in [6.07, 6.45) is -0.489. The van der Waals surface area contributed by atoms with Crippen molar-refractivity contribution in [1.29, 1.82) is 0 Å². The Kier molecular flexibility index (Phi) is 2.63. The van der Waals surface area contributed by atoms with E-state index in [1.807, 2.05) is 30.3 Å². The monoisotopic (exact) mass is 151 g/mol. The van der Waals surface area contributed by atoms with Gasteiger partial charge < -0.3 is 10.8 Å². The van der Waals surface area contributed by atoms with E-state index >= 15 is 0 Å². The number of aliphatic hydroxyl groups is 1. The summed E-state index contributed by atoms with van der Waals surface area (Å²) in [6, 6.07) is 9.32. The van der Waals surface area contributed by atoms with Crippen molar-refractivity contribution in [2.45, 2.75) is 19.1 Å². The highest BCUT2D eigenvalue weighted by molar-refractivity contribution is 5.19. The van der Waals surface area contributed by atoms with E-state index in [0.29, 0.717) is 0 Å². The fourth-order valence-corrected chi connectivity index (χ4v) is 0.954. The van der Waals surface area contributed by atoms with Crippen molar-refractivity contribution < 1.29 is 5.11 Å². The van der Waals surface area contributed by atoms with Crippen molar-refractivity contribution in [2.75, 3.05) is 0 Å². The van der Waals surface area contributed by atoms with E-state index in [9.17, 15) is 0 Å². The van der Waals surface area contributed by atoms with Crippen LogP contribution in [0.25, 0.3) is 0 Å². The van der Waals surface area contributed by atoms with E-state index in [-0.39, 0.29) is 6.04 Å². The van der Waals surface area contributed by atoms with Crippen LogP contribution in [0, 0.1) is 0 Å². The molecule has 11 heavy (non-hydrogen) atoms. The van der Waals surface area contributed by atoms with Crippen molar-refractivity contribution in [1.82, 2.24) is 0 Å². The lowest BCUT2D eigenvalue weighted by molar-refractivity contribution is 0.164. The SMILES string of the molecule is C[C@@H](O)C(N)c1ccccc1. The highest BCUT2D eigenvalue weighted by Gasteiger charge is 2.09. The Bertz CT molecular complexity index is 208. The Morgan fingerprint density at radius 2 is 1.82 bits per heavy atom. The highest BCUT2D eigenvalue weighted by Crippen LogP contribution is 2.12. The number of rotatable bonds is 2. The molecule has 0 fully saturated rings. The summed E-state index contributed by atoms with van der Waals surface area (Å²) in [7, 11) is 0. The van der Waals surface area contributed by atoms with Gasteiger partial charge in [0.1, 0.15) is 0 Å². The van der Waals surface area contributed by atoms with Crippen LogP contribution >= 0.6 is 0 Å². The molecule has 0 heterocycles. The first-order chi connectivity index (χ1) is 5.22. The molecule has 1 unspecified atom stereocenters. The normalized spacial score (nSPS) is 15.9. The molecule has 1 aromatic carbocycles. The van der Waals surface area contributed by atoms with Gasteiger partial charge in [0.2, 0.25) is 0 Å². The molecule has 0 spiro atoms. The van der Waals surface area contributed by atoms with Crippen LogP contribution in [0.15, 0.2) is 30.3 Å². The summed E-state index contributed by atoms with van der Waals surface area (Å²) in [5.41, 5.74) is 6.66. The van der Waals surface area contributed by atoms with E-state index in [0.717, 1.165) is 5.56 Å². The van der Waals surface area contributed by atoms with Gasteiger partial charge in [0.15, 0.2) is 0 Å². The third-order valence-corrected chi connectivity index (χ3v) is 1.70. The van der Waals surface area contributed by atoms with Gasteiger partial charge in [-0.3, -0.25) is 0 Å². The summed E-state index contributed by atoms with van der Waals surface area (Å²) in [4.78, 5) is 0. The van der Waals surface area contributed by atoms with Gasteiger partial charge in [-0.05, 0) is 12.5 Å². The molecule has 0 bridgehead atoms. The molecule has 0 saturated carbocycles. The molecule has 2 atom stereocenters. The number of hydrogen-bond donors (Lipinski definition) is 2. The smallest absolute Gasteiger partial charge is 0.0704 e.